The summed E-state index contributed by atoms with van der Waals surface area (Å²) in [5.74, 6) is -0.293. The first-order valence-electron chi connectivity index (χ1n) is 7.22. The number of ether oxygens (including phenoxy) is 1. The van der Waals surface area contributed by atoms with Crippen LogP contribution in [0.4, 0.5) is 4.79 Å². The van der Waals surface area contributed by atoms with Gasteiger partial charge in [0, 0.05) is 19.8 Å². The van der Waals surface area contributed by atoms with Crippen LogP contribution in [0.15, 0.2) is 0 Å². The highest BCUT2D eigenvalue weighted by Crippen LogP contribution is 2.44. The molecule has 0 aromatic rings. The first kappa shape index (κ1) is 15.0. The molecule has 0 unspecified atom stereocenters. The van der Waals surface area contributed by atoms with Crippen LogP contribution in [0.5, 0.6) is 0 Å². The molecule has 0 aromatic heterocycles. The fourth-order valence-corrected chi connectivity index (χ4v) is 2.55. The summed E-state index contributed by atoms with van der Waals surface area (Å²) in [6.45, 7) is 5.61. The van der Waals surface area contributed by atoms with Crippen LogP contribution < -0.4 is 5.32 Å². The third-order valence-corrected chi connectivity index (χ3v) is 3.88. The first-order chi connectivity index (χ1) is 9.47. The second-order valence-corrected chi connectivity index (χ2v) is 5.97. The van der Waals surface area contributed by atoms with Crippen LogP contribution in [0.3, 0.4) is 0 Å². The van der Waals surface area contributed by atoms with Crippen LogP contribution in [-0.2, 0) is 14.3 Å². The van der Waals surface area contributed by atoms with Crippen LogP contribution in [0, 0.1) is 11.3 Å². The van der Waals surface area contributed by atoms with Crippen molar-refractivity contribution in [1.29, 1.82) is 0 Å². The maximum absolute atomic E-state index is 12.3. The van der Waals surface area contributed by atoms with Gasteiger partial charge in [0.25, 0.3) is 0 Å². The molecule has 1 N–H and O–H groups in total. The van der Waals surface area contributed by atoms with E-state index in [2.05, 4.69) is 19.2 Å². The van der Waals surface area contributed by atoms with E-state index in [1.165, 1.54) is 4.90 Å². The number of urea groups is 1. The van der Waals surface area contributed by atoms with Crippen LogP contribution in [0.25, 0.3) is 0 Å². The van der Waals surface area contributed by atoms with Crippen molar-refractivity contribution in [3.05, 3.63) is 0 Å². The second kappa shape index (κ2) is 5.91. The molecule has 4 amide bonds. The maximum Gasteiger partial charge on any atom is 0.330 e. The van der Waals surface area contributed by atoms with Gasteiger partial charge in [-0.1, -0.05) is 20.3 Å². The van der Waals surface area contributed by atoms with Gasteiger partial charge < -0.3 is 4.74 Å². The molecule has 1 saturated carbocycles. The SMILES string of the molecule is CC(C)COCCCN1C(=O)NC(=O)C2(CCC2)C1=O. The lowest BCUT2D eigenvalue weighted by molar-refractivity contribution is -0.157. The zero-order chi connectivity index (χ0) is 14.8. The Bertz CT molecular complexity index is 415. The van der Waals surface area contributed by atoms with Gasteiger partial charge in [0.2, 0.25) is 11.8 Å². The lowest BCUT2D eigenvalue weighted by atomic mass is 9.66. The quantitative estimate of drug-likeness (QED) is 0.588. The van der Waals surface area contributed by atoms with Gasteiger partial charge in [-0.05, 0) is 25.2 Å². The number of nitrogens with zero attached hydrogens (tertiary/aromatic N) is 1. The van der Waals surface area contributed by atoms with Crippen LogP contribution >= 0.6 is 0 Å². The van der Waals surface area contributed by atoms with E-state index in [0.29, 0.717) is 44.9 Å². The van der Waals surface area contributed by atoms with E-state index in [1.54, 1.807) is 0 Å². The van der Waals surface area contributed by atoms with Gasteiger partial charge in [0.1, 0.15) is 5.41 Å². The van der Waals surface area contributed by atoms with E-state index in [9.17, 15) is 14.4 Å². The Labute approximate surface area is 118 Å². The molecule has 0 bridgehead atoms. The van der Waals surface area contributed by atoms with E-state index in [4.69, 9.17) is 4.74 Å². The van der Waals surface area contributed by atoms with Gasteiger partial charge in [-0.3, -0.25) is 19.8 Å². The van der Waals surface area contributed by atoms with Crippen LogP contribution in [0.2, 0.25) is 0 Å². The van der Waals surface area contributed by atoms with Crippen molar-refractivity contribution in [3.63, 3.8) is 0 Å². The van der Waals surface area contributed by atoms with E-state index in [-0.39, 0.29) is 5.91 Å². The molecule has 1 saturated heterocycles. The lowest BCUT2D eigenvalue weighted by Crippen LogP contribution is -2.66. The molecule has 6 heteroatoms. The number of hydrogen-bond acceptors (Lipinski definition) is 4. The molecule has 1 aliphatic carbocycles. The zero-order valence-electron chi connectivity index (χ0n) is 12.1. The molecule has 2 fully saturated rings. The third-order valence-electron chi connectivity index (χ3n) is 3.88. The van der Waals surface area contributed by atoms with Gasteiger partial charge in [0.15, 0.2) is 0 Å². The average Bonchev–Trinajstić information content (AvgIpc) is 2.30. The molecular formula is C14H22N2O4. The highest BCUT2D eigenvalue weighted by Gasteiger charge is 2.57. The summed E-state index contributed by atoms with van der Waals surface area (Å²) < 4.78 is 5.43. The summed E-state index contributed by atoms with van der Waals surface area (Å²) in [5, 5.41) is 2.30. The number of amides is 4. The van der Waals surface area contributed by atoms with Gasteiger partial charge in [-0.15, -0.1) is 0 Å². The second-order valence-electron chi connectivity index (χ2n) is 5.97. The third kappa shape index (κ3) is 2.70. The summed E-state index contributed by atoms with van der Waals surface area (Å²) in [7, 11) is 0. The number of hydrogen-bond donors (Lipinski definition) is 1. The Morgan fingerprint density at radius 1 is 1.30 bits per heavy atom. The Hall–Kier alpha value is -1.43. The summed E-state index contributed by atoms with van der Waals surface area (Å²) in [4.78, 5) is 37.1. The average molecular weight is 282 g/mol. The smallest absolute Gasteiger partial charge is 0.330 e. The predicted molar refractivity (Wildman–Crippen MR) is 71.8 cm³/mol. The highest BCUT2D eigenvalue weighted by atomic mass is 16.5. The molecule has 1 spiro atoms. The van der Waals surface area contributed by atoms with Crippen molar-refractivity contribution >= 4 is 17.8 Å². The van der Waals surface area contributed by atoms with Crippen molar-refractivity contribution in [2.24, 2.45) is 11.3 Å². The minimum Gasteiger partial charge on any atom is -0.381 e. The first-order valence-corrected chi connectivity index (χ1v) is 7.22. The minimum absolute atomic E-state index is 0.303. The molecule has 1 aliphatic heterocycles. The standard InChI is InChI=1S/C14H22N2O4/c1-10(2)9-20-8-4-7-16-12(18)14(5-3-6-14)11(17)15-13(16)19/h10H,3-9H2,1-2H3,(H,15,17,19). The number of carbonyl (C=O) groups is 3. The number of nitrogens with one attached hydrogen (secondary N) is 1. The van der Waals surface area contributed by atoms with E-state index < -0.39 is 17.4 Å². The summed E-state index contributed by atoms with van der Waals surface area (Å²) >= 11 is 0. The number of imide groups is 2. The van der Waals surface area contributed by atoms with Gasteiger partial charge >= 0.3 is 6.03 Å². The normalized spacial score (nSPS) is 21.4. The largest absolute Gasteiger partial charge is 0.381 e. The van der Waals surface area contributed by atoms with Crippen LogP contribution in [-0.4, -0.2) is 42.5 Å². The van der Waals surface area contributed by atoms with Crippen molar-refractivity contribution in [2.45, 2.75) is 39.5 Å². The Morgan fingerprint density at radius 2 is 2.00 bits per heavy atom. The van der Waals surface area contributed by atoms with Gasteiger partial charge in [-0.2, -0.15) is 0 Å². The number of rotatable bonds is 6. The molecular weight excluding hydrogens is 260 g/mol. The molecule has 0 atom stereocenters. The van der Waals surface area contributed by atoms with Crippen molar-refractivity contribution in [2.75, 3.05) is 19.8 Å². The number of carbonyl (C=O) groups excluding carboxylic acids is 3. The van der Waals surface area contributed by atoms with Gasteiger partial charge in [-0.25, -0.2) is 4.79 Å². The fourth-order valence-electron chi connectivity index (χ4n) is 2.55. The Balaban J connectivity index is 1.85. The summed E-state index contributed by atoms with van der Waals surface area (Å²) in [6, 6.07) is -0.596. The zero-order valence-corrected chi connectivity index (χ0v) is 12.1. The molecule has 20 heavy (non-hydrogen) atoms. The molecule has 112 valence electrons. The molecule has 2 rings (SSSR count). The highest BCUT2D eigenvalue weighted by molar-refractivity contribution is 6.19. The van der Waals surface area contributed by atoms with Crippen molar-refractivity contribution < 1.29 is 19.1 Å². The van der Waals surface area contributed by atoms with Crippen molar-refractivity contribution in [3.8, 4) is 0 Å². The van der Waals surface area contributed by atoms with Crippen LogP contribution in [0.1, 0.15) is 39.5 Å². The van der Waals surface area contributed by atoms with E-state index in [1.807, 2.05) is 0 Å². The lowest BCUT2D eigenvalue weighted by Gasteiger charge is -2.44. The molecule has 0 radical (unpaired) electrons. The molecule has 2 aliphatic rings. The van der Waals surface area contributed by atoms with E-state index >= 15 is 0 Å². The molecule has 0 aromatic carbocycles. The maximum atomic E-state index is 12.3. The molecule has 6 nitrogen and oxygen atoms in total. The molecule has 1 heterocycles. The minimum atomic E-state index is -0.966. The summed E-state index contributed by atoms with van der Waals surface area (Å²) in [6.07, 6.45) is 2.55. The van der Waals surface area contributed by atoms with Gasteiger partial charge in [0.05, 0.1) is 0 Å². The monoisotopic (exact) mass is 282 g/mol. The van der Waals surface area contributed by atoms with E-state index in [0.717, 1.165) is 6.42 Å². The predicted octanol–water partition coefficient (Wildman–Crippen LogP) is 1.30. The fraction of sp³-hybridized carbons (Fsp3) is 0.786. The topological polar surface area (TPSA) is 75.7 Å². The van der Waals surface area contributed by atoms with Crippen molar-refractivity contribution in [1.82, 2.24) is 10.2 Å². The summed E-state index contributed by atoms with van der Waals surface area (Å²) in [5.41, 5.74) is -0.966. The Morgan fingerprint density at radius 3 is 2.55 bits per heavy atom. The Kier molecular flexibility index (Phi) is 4.42. The number of barbiturate groups is 1.